The van der Waals surface area contributed by atoms with E-state index < -0.39 is 26.4 Å². The van der Waals surface area contributed by atoms with Crippen LogP contribution in [0.25, 0.3) is 16.9 Å². The SMILES string of the molecule is CC(C)c1noc(N2CCC(Oc3ncnc4c3nnn4-c3cc(F)c(S(C)(=O)=O)cc3F)CC2)n1. The summed E-state index contributed by atoms with van der Waals surface area (Å²) in [6.07, 6.45) is 3.09. The van der Waals surface area contributed by atoms with Crippen LogP contribution >= 0.6 is 0 Å². The third kappa shape index (κ3) is 4.45. The number of anilines is 1. The molecule has 36 heavy (non-hydrogen) atoms. The number of fused-ring (bicyclic) bond motifs is 1. The molecule has 190 valence electrons. The Morgan fingerprint density at radius 1 is 1.14 bits per heavy atom. The van der Waals surface area contributed by atoms with Crippen molar-refractivity contribution in [2.75, 3.05) is 24.2 Å². The van der Waals surface area contributed by atoms with E-state index in [2.05, 4.69) is 30.4 Å². The minimum absolute atomic E-state index is 0.0786. The maximum atomic E-state index is 14.7. The van der Waals surface area contributed by atoms with Gasteiger partial charge in [-0.2, -0.15) is 14.6 Å². The van der Waals surface area contributed by atoms with Crippen LogP contribution in [0.15, 0.2) is 27.9 Å². The summed E-state index contributed by atoms with van der Waals surface area (Å²) in [5.74, 6) is -1.15. The molecule has 1 fully saturated rings. The highest BCUT2D eigenvalue weighted by atomic mass is 32.2. The van der Waals surface area contributed by atoms with Gasteiger partial charge in [-0.05, 0) is 6.07 Å². The van der Waals surface area contributed by atoms with Gasteiger partial charge in [0.05, 0.1) is 0 Å². The van der Waals surface area contributed by atoms with E-state index in [0.29, 0.717) is 43.8 Å². The molecular formula is C21H22F2N8O4S. The molecule has 15 heteroatoms. The van der Waals surface area contributed by atoms with Crippen LogP contribution in [0.4, 0.5) is 14.8 Å². The van der Waals surface area contributed by atoms with E-state index in [1.807, 2.05) is 18.7 Å². The maximum Gasteiger partial charge on any atom is 0.324 e. The molecule has 1 aliphatic heterocycles. The van der Waals surface area contributed by atoms with Crippen LogP contribution < -0.4 is 9.64 Å². The number of rotatable bonds is 6. The molecule has 0 aliphatic carbocycles. The topological polar surface area (TPSA) is 142 Å². The number of piperidine rings is 1. The normalized spacial score (nSPS) is 15.2. The molecule has 1 aromatic carbocycles. The summed E-state index contributed by atoms with van der Waals surface area (Å²) in [5, 5.41) is 11.9. The maximum absolute atomic E-state index is 14.7. The van der Waals surface area contributed by atoms with Gasteiger partial charge in [0.2, 0.25) is 5.88 Å². The number of ether oxygens (including phenoxy) is 1. The molecule has 0 atom stereocenters. The molecule has 4 aromatic rings. The first-order valence-electron chi connectivity index (χ1n) is 11.1. The Bertz CT molecular complexity index is 1530. The van der Waals surface area contributed by atoms with E-state index >= 15 is 0 Å². The largest absolute Gasteiger partial charge is 0.472 e. The second kappa shape index (κ2) is 9.04. The average molecular weight is 521 g/mol. The lowest BCUT2D eigenvalue weighted by atomic mass is 10.1. The fourth-order valence-electron chi connectivity index (χ4n) is 3.85. The van der Waals surface area contributed by atoms with E-state index in [1.165, 1.54) is 6.33 Å². The fraction of sp³-hybridized carbons (Fsp3) is 0.429. The minimum Gasteiger partial charge on any atom is -0.472 e. The van der Waals surface area contributed by atoms with E-state index in [-0.39, 0.29) is 34.8 Å². The number of benzene rings is 1. The highest BCUT2D eigenvalue weighted by molar-refractivity contribution is 7.90. The molecule has 3 aromatic heterocycles. The number of hydrogen-bond donors (Lipinski definition) is 0. The fourth-order valence-corrected chi connectivity index (χ4v) is 4.58. The summed E-state index contributed by atoms with van der Waals surface area (Å²) >= 11 is 0. The molecule has 0 bridgehead atoms. The van der Waals surface area contributed by atoms with Crippen LogP contribution in [-0.4, -0.2) is 69.0 Å². The first-order valence-corrected chi connectivity index (χ1v) is 13.0. The molecule has 0 N–H and O–H groups in total. The lowest BCUT2D eigenvalue weighted by Crippen LogP contribution is -2.38. The van der Waals surface area contributed by atoms with Crippen LogP contribution in [0.1, 0.15) is 38.4 Å². The van der Waals surface area contributed by atoms with E-state index in [4.69, 9.17) is 9.26 Å². The molecule has 0 saturated carbocycles. The highest BCUT2D eigenvalue weighted by Gasteiger charge is 2.27. The molecule has 0 amide bonds. The monoisotopic (exact) mass is 520 g/mol. The third-order valence-corrected chi connectivity index (χ3v) is 6.88. The minimum atomic E-state index is -3.95. The molecule has 1 aliphatic rings. The third-order valence-electron chi connectivity index (χ3n) is 5.77. The number of sulfone groups is 1. The summed E-state index contributed by atoms with van der Waals surface area (Å²) in [5.41, 5.74) is -0.110. The first kappa shape index (κ1) is 24.0. The predicted octanol–water partition coefficient (Wildman–Crippen LogP) is 2.45. The summed E-state index contributed by atoms with van der Waals surface area (Å²) in [4.78, 5) is 13.9. The van der Waals surface area contributed by atoms with Gasteiger partial charge in [-0.25, -0.2) is 22.2 Å². The van der Waals surface area contributed by atoms with Gasteiger partial charge >= 0.3 is 6.01 Å². The van der Waals surface area contributed by atoms with Gasteiger partial charge in [0.15, 0.2) is 32.6 Å². The Hall–Kier alpha value is -3.75. The quantitative estimate of drug-likeness (QED) is 0.370. The van der Waals surface area contributed by atoms with Gasteiger partial charge in [-0.3, -0.25) is 0 Å². The van der Waals surface area contributed by atoms with Gasteiger partial charge in [0.1, 0.15) is 28.8 Å². The summed E-state index contributed by atoms with van der Waals surface area (Å²) in [6.45, 7) is 5.23. The van der Waals surface area contributed by atoms with Gasteiger partial charge in [-0.1, -0.05) is 24.2 Å². The Morgan fingerprint density at radius 2 is 1.89 bits per heavy atom. The molecule has 0 radical (unpaired) electrons. The molecule has 12 nitrogen and oxygen atoms in total. The van der Waals surface area contributed by atoms with Crippen LogP contribution in [0, 0.1) is 11.6 Å². The van der Waals surface area contributed by atoms with Crippen molar-refractivity contribution in [3.05, 3.63) is 35.9 Å². The lowest BCUT2D eigenvalue weighted by molar-refractivity contribution is 0.163. The molecular weight excluding hydrogens is 498 g/mol. The summed E-state index contributed by atoms with van der Waals surface area (Å²) < 4.78 is 64.9. The zero-order chi connectivity index (χ0) is 25.6. The highest BCUT2D eigenvalue weighted by Crippen LogP contribution is 2.28. The average Bonchev–Trinajstić information content (AvgIpc) is 3.49. The Balaban J connectivity index is 1.35. The van der Waals surface area contributed by atoms with E-state index in [9.17, 15) is 17.2 Å². The predicted molar refractivity (Wildman–Crippen MR) is 122 cm³/mol. The smallest absolute Gasteiger partial charge is 0.324 e. The van der Waals surface area contributed by atoms with Gasteiger partial charge < -0.3 is 14.2 Å². The van der Waals surface area contributed by atoms with Crippen molar-refractivity contribution in [2.45, 2.75) is 43.6 Å². The van der Waals surface area contributed by atoms with Crippen molar-refractivity contribution in [1.82, 2.24) is 35.1 Å². The molecule has 5 rings (SSSR count). The summed E-state index contributed by atoms with van der Waals surface area (Å²) in [6, 6.07) is 1.81. The van der Waals surface area contributed by atoms with Crippen molar-refractivity contribution in [2.24, 2.45) is 0 Å². The van der Waals surface area contributed by atoms with Gasteiger partial charge in [0, 0.05) is 44.2 Å². The number of aromatic nitrogens is 7. The number of hydrogen-bond acceptors (Lipinski definition) is 11. The van der Waals surface area contributed by atoms with Crippen LogP contribution in [-0.2, 0) is 9.84 Å². The zero-order valence-electron chi connectivity index (χ0n) is 19.6. The second-order valence-electron chi connectivity index (χ2n) is 8.75. The summed E-state index contributed by atoms with van der Waals surface area (Å²) in [7, 11) is -3.95. The number of halogens is 2. The first-order chi connectivity index (χ1) is 17.1. The van der Waals surface area contributed by atoms with Crippen molar-refractivity contribution < 1.29 is 26.5 Å². The standard InChI is InChI=1S/C21H22F2N8O4S/c1-11(2)18-26-21(35-28-18)30-6-4-12(5-7-30)34-20-17-19(24-10-25-20)31(29-27-17)15-8-14(23)16(9-13(15)22)36(3,32)33/h8-12H,4-7H2,1-3H3. The van der Waals surface area contributed by atoms with Crippen molar-refractivity contribution >= 4 is 27.0 Å². The lowest BCUT2D eigenvalue weighted by Gasteiger charge is -2.30. The van der Waals surface area contributed by atoms with Crippen LogP contribution in [0.2, 0.25) is 0 Å². The molecule has 4 heterocycles. The van der Waals surface area contributed by atoms with Crippen molar-refractivity contribution in [3.8, 4) is 11.6 Å². The second-order valence-corrected chi connectivity index (χ2v) is 10.7. The molecule has 1 saturated heterocycles. The Morgan fingerprint density at radius 3 is 2.56 bits per heavy atom. The molecule has 0 unspecified atom stereocenters. The van der Waals surface area contributed by atoms with E-state index in [0.717, 1.165) is 17.0 Å². The van der Waals surface area contributed by atoms with Crippen LogP contribution in [0.3, 0.4) is 0 Å². The van der Waals surface area contributed by atoms with Crippen molar-refractivity contribution in [3.63, 3.8) is 0 Å². The van der Waals surface area contributed by atoms with Gasteiger partial charge in [0.25, 0.3) is 0 Å². The Kier molecular flexibility index (Phi) is 6.02. The van der Waals surface area contributed by atoms with Crippen molar-refractivity contribution in [1.29, 1.82) is 0 Å². The van der Waals surface area contributed by atoms with E-state index in [1.54, 1.807) is 0 Å². The van der Waals surface area contributed by atoms with Gasteiger partial charge in [-0.15, -0.1) is 5.10 Å². The number of nitrogens with zero attached hydrogens (tertiary/aromatic N) is 8. The van der Waals surface area contributed by atoms with Crippen LogP contribution in [0.5, 0.6) is 5.88 Å². The molecule has 0 spiro atoms. The Labute approximate surface area is 204 Å². The zero-order valence-corrected chi connectivity index (χ0v) is 20.4.